The van der Waals surface area contributed by atoms with E-state index in [-0.39, 0.29) is 11.3 Å². The summed E-state index contributed by atoms with van der Waals surface area (Å²) in [4.78, 5) is 22.2. The molecule has 0 atom stereocenters. The molecule has 0 amide bonds. The summed E-state index contributed by atoms with van der Waals surface area (Å²) in [6, 6.07) is 5.26. The highest BCUT2D eigenvalue weighted by atomic mass is 16.5. The number of aromatic nitrogens is 2. The molecule has 1 aromatic heterocycles. The minimum absolute atomic E-state index is 0.0181. The Morgan fingerprint density at radius 2 is 2.24 bits per heavy atom. The molecular formula is C19H23N3O3. The van der Waals surface area contributed by atoms with Gasteiger partial charge in [-0.25, -0.2) is 4.98 Å². The second-order valence-electron chi connectivity index (χ2n) is 7.04. The van der Waals surface area contributed by atoms with Gasteiger partial charge < -0.3 is 14.8 Å². The van der Waals surface area contributed by atoms with Gasteiger partial charge in [-0.05, 0) is 43.4 Å². The van der Waals surface area contributed by atoms with E-state index in [1.807, 2.05) is 6.07 Å². The Labute approximate surface area is 146 Å². The Morgan fingerprint density at radius 3 is 3.00 bits per heavy atom. The Morgan fingerprint density at radius 1 is 1.40 bits per heavy atom. The van der Waals surface area contributed by atoms with Crippen LogP contribution in [0.25, 0.3) is 0 Å². The van der Waals surface area contributed by atoms with Crippen LogP contribution >= 0.6 is 0 Å². The second-order valence-corrected chi connectivity index (χ2v) is 7.04. The summed E-state index contributed by atoms with van der Waals surface area (Å²) in [6.07, 6.45) is 4.04. The van der Waals surface area contributed by atoms with Crippen molar-refractivity contribution in [1.82, 2.24) is 14.9 Å². The third kappa shape index (κ3) is 3.54. The van der Waals surface area contributed by atoms with Gasteiger partial charge in [0.25, 0.3) is 5.56 Å². The number of phenols is 1. The van der Waals surface area contributed by atoms with Gasteiger partial charge in [-0.15, -0.1) is 0 Å². The number of hydrogen-bond donors (Lipinski definition) is 2. The summed E-state index contributed by atoms with van der Waals surface area (Å²) in [6.45, 7) is 2.01. The van der Waals surface area contributed by atoms with E-state index in [1.54, 1.807) is 19.2 Å². The van der Waals surface area contributed by atoms with Crippen LogP contribution in [0.2, 0.25) is 0 Å². The van der Waals surface area contributed by atoms with Crippen molar-refractivity contribution in [2.24, 2.45) is 5.92 Å². The number of hydrogen-bond acceptors (Lipinski definition) is 5. The maximum absolute atomic E-state index is 12.3. The summed E-state index contributed by atoms with van der Waals surface area (Å²) in [5.41, 5.74) is 2.54. The Balaban J connectivity index is 1.54. The number of fused-ring (bicyclic) bond motifs is 1. The molecule has 2 N–H and O–H groups in total. The Hall–Kier alpha value is -2.34. The zero-order chi connectivity index (χ0) is 17.4. The van der Waals surface area contributed by atoms with E-state index < -0.39 is 0 Å². The van der Waals surface area contributed by atoms with Gasteiger partial charge in [-0.2, -0.15) is 0 Å². The molecule has 0 bridgehead atoms. The monoisotopic (exact) mass is 341 g/mol. The molecule has 1 aromatic carbocycles. The number of benzene rings is 1. The molecule has 1 aliphatic heterocycles. The first kappa shape index (κ1) is 16.1. The van der Waals surface area contributed by atoms with Gasteiger partial charge in [0.15, 0.2) is 0 Å². The molecule has 0 spiro atoms. The number of phenolic OH excluding ortho intramolecular Hbond substituents is 1. The third-order valence-corrected chi connectivity index (χ3v) is 5.06. The van der Waals surface area contributed by atoms with Gasteiger partial charge in [0.1, 0.15) is 17.3 Å². The van der Waals surface area contributed by atoms with Crippen LogP contribution < -0.4 is 10.3 Å². The summed E-state index contributed by atoms with van der Waals surface area (Å²) >= 11 is 0. The molecule has 1 saturated carbocycles. The number of H-pyrrole nitrogens is 1. The largest absolute Gasteiger partial charge is 0.508 e. The van der Waals surface area contributed by atoms with Crippen LogP contribution in [0.3, 0.4) is 0 Å². The molecule has 1 aliphatic carbocycles. The standard InChI is InChI=1S/C19H23N3O3/c1-25-14-4-5-17(23)13(9-14)10-22-7-6-15-16(11-22)20-18(21-19(15)24)8-12-2-3-12/h4-5,9,12,23H,2-3,6-8,10-11H2,1H3,(H,20,21,24). The second kappa shape index (κ2) is 6.52. The first-order valence-corrected chi connectivity index (χ1v) is 8.81. The lowest BCUT2D eigenvalue weighted by Crippen LogP contribution is -2.35. The van der Waals surface area contributed by atoms with Gasteiger partial charge in [0.05, 0.1) is 12.8 Å². The van der Waals surface area contributed by atoms with Crippen molar-refractivity contribution in [1.29, 1.82) is 0 Å². The number of aromatic hydroxyl groups is 1. The smallest absolute Gasteiger partial charge is 0.254 e. The number of methoxy groups -OCH3 is 1. The molecule has 6 heteroatoms. The lowest BCUT2D eigenvalue weighted by atomic mass is 10.0. The van der Waals surface area contributed by atoms with Crippen molar-refractivity contribution in [3.05, 3.63) is 51.2 Å². The fourth-order valence-electron chi connectivity index (χ4n) is 3.43. The van der Waals surface area contributed by atoms with Crippen molar-refractivity contribution in [2.75, 3.05) is 13.7 Å². The number of nitrogens with one attached hydrogen (secondary N) is 1. The van der Waals surface area contributed by atoms with E-state index in [0.29, 0.717) is 25.4 Å². The van der Waals surface area contributed by atoms with E-state index in [0.717, 1.165) is 41.4 Å². The maximum Gasteiger partial charge on any atom is 0.254 e. The molecule has 2 heterocycles. The molecule has 132 valence electrons. The first-order valence-electron chi connectivity index (χ1n) is 8.81. The number of aromatic amines is 1. The summed E-state index contributed by atoms with van der Waals surface area (Å²) < 4.78 is 5.24. The Bertz CT molecular complexity index is 842. The fraction of sp³-hybridized carbons (Fsp3) is 0.474. The van der Waals surface area contributed by atoms with E-state index in [2.05, 4.69) is 9.88 Å². The van der Waals surface area contributed by atoms with Crippen molar-refractivity contribution in [2.45, 2.75) is 38.8 Å². The third-order valence-electron chi connectivity index (χ3n) is 5.06. The van der Waals surface area contributed by atoms with Gasteiger partial charge >= 0.3 is 0 Å². The quantitative estimate of drug-likeness (QED) is 0.870. The number of nitrogens with zero attached hydrogens (tertiary/aromatic N) is 2. The molecule has 1 fully saturated rings. The molecule has 0 radical (unpaired) electrons. The topological polar surface area (TPSA) is 78.5 Å². The van der Waals surface area contributed by atoms with Crippen molar-refractivity contribution >= 4 is 0 Å². The molecule has 0 unspecified atom stereocenters. The number of rotatable bonds is 5. The van der Waals surface area contributed by atoms with Crippen molar-refractivity contribution in [3.63, 3.8) is 0 Å². The molecule has 4 rings (SSSR count). The van der Waals surface area contributed by atoms with Crippen molar-refractivity contribution < 1.29 is 9.84 Å². The zero-order valence-electron chi connectivity index (χ0n) is 14.4. The molecular weight excluding hydrogens is 318 g/mol. The summed E-state index contributed by atoms with van der Waals surface area (Å²) in [7, 11) is 1.62. The van der Waals surface area contributed by atoms with Gasteiger partial charge in [0.2, 0.25) is 0 Å². The van der Waals surface area contributed by atoms with E-state index in [9.17, 15) is 9.90 Å². The van der Waals surface area contributed by atoms with E-state index in [4.69, 9.17) is 9.72 Å². The van der Waals surface area contributed by atoms with E-state index >= 15 is 0 Å². The van der Waals surface area contributed by atoms with Crippen LogP contribution in [0.5, 0.6) is 11.5 Å². The average molecular weight is 341 g/mol. The minimum Gasteiger partial charge on any atom is -0.508 e. The average Bonchev–Trinajstić information content (AvgIpc) is 3.40. The highest BCUT2D eigenvalue weighted by Crippen LogP contribution is 2.32. The Kier molecular flexibility index (Phi) is 4.21. The first-order chi connectivity index (χ1) is 12.1. The molecule has 6 nitrogen and oxygen atoms in total. The SMILES string of the molecule is COc1ccc(O)c(CN2CCc3c(nc(CC4CC4)[nH]c3=O)C2)c1. The molecule has 0 saturated heterocycles. The van der Waals surface area contributed by atoms with Crippen LogP contribution in [-0.4, -0.2) is 33.6 Å². The highest BCUT2D eigenvalue weighted by Gasteiger charge is 2.25. The molecule has 2 aromatic rings. The minimum atomic E-state index is 0.0181. The van der Waals surface area contributed by atoms with Gasteiger partial charge in [-0.3, -0.25) is 9.69 Å². The fourth-order valence-corrected chi connectivity index (χ4v) is 3.43. The van der Waals surface area contributed by atoms with Crippen LogP contribution in [-0.2, 0) is 25.9 Å². The summed E-state index contributed by atoms with van der Waals surface area (Å²) in [5.74, 6) is 2.50. The lowest BCUT2D eigenvalue weighted by molar-refractivity contribution is 0.236. The highest BCUT2D eigenvalue weighted by molar-refractivity contribution is 5.39. The summed E-state index contributed by atoms with van der Waals surface area (Å²) in [5, 5.41) is 10.1. The van der Waals surface area contributed by atoms with E-state index in [1.165, 1.54) is 12.8 Å². The zero-order valence-corrected chi connectivity index (χ0v) is 14.4. The van der Waals surface area contributed by atoms with Crippen LogP contribution in [0.15, 0.2) is 23.0 Å². The lowest BCUT2D eigenvalue weighted by Gasteiger charge is -2.28. The van der Waals surface area contributed by atoms with Gasteiger partial charge in [0, 0.05) is 37.2 Å². The van der Waals surface area contributed by atoms with Crippen LogP contribution in [0.1, 0.15) is 35.5 Å². The van der Waals surface area contributed by atoms with Gasteiger partial charge in [-0.1, -0.05) is 0 Å². The molecule has 25 heavy (non-hydrogen) atoms. The maximum atomic E-state index is 12.3. The number of ether oxygens (including phenoxy) is 1. The predicted molar refractivity (Wildman–Crippen MR) is 93.8 cm³/mol. The predicted octanol–water partition coefficient (Wildman–Crippen LogP) is 1.99. The van der Waals surface area contributed by atoms with Crippen LogP contribution in [0.4, 0.5) is 0 Å². The van der Waals surface area contributed by atoms with Crippen molar-refractivity contribution in [3.8, 4) is 11.5 Å². The normalized spacial score (nSPS) is 17.3. The molecule has 2 aliphatic rings. The van der Waals surface area contributed by atoms with Crippen LogP contribution in [0, 0.1) is 5.92 Å².